The van der Waals surface area contributed by atoms with Gasteiger partial charge in [-0.1, -0.05) is 42.5 Å². The molecule has 1 fully saturated rings. The predicted molar refractivity (Wildman–Crippen MR) is 104 cm³/mol. The van der Waals surface area contributed by atoms with Crippen LogP contribution in [0, 0.1) is 0 Å². The molecule has 1 amide bonds. The molecule has 1 saturated heterocycles. The van der Waals surface area contributed by atoms with Crippen molar-refractivity contribution in [2.45, 2.75) is 51.5 Å². The van der Waals surface area contributed by atoms with E-state index in [2.05, 4.69) is 0 Å². The van der Waals surface area contributed by atoms with Gasteiger partial charge in [-0.3, -0.25) is 4.90 Å². The molecule has 1 heterocycles. The first kappa shape index (κ1) is 19.2. The maximum Gasteiger partial charge on any atom is 0.408 e. The van der Waals surface area contributed by atoms with Crippen LogP contribution >= 0.6 is 0 Å². The lowest BCUT2D eigenvalue weighted by atomic mass is 9.96. The van der Waals surface area contributed by atoms with Crippen LogP contribution < -0.4 is 4.74 Å². The van der Waals surface area contributed by atoms with Gasteiger partial charge in [0.1, 0.15) is 18.5 Å². The van der Waals surface area contributed by atoms with E-state index in [-0.39, 0.29) is 12.1 Å². The van der Waals surface area contributed by atoms with E-state index in [0.29, 0.717) is 19.6 Å². The van der Waals surface area contributed by atoms with Gasteiger partial charge in [0.25, 0.3) is 0 Å². The Kier molecular flexibility index (Phi) is 5.71. The number of nitrogens with zero attached hydrogens (tertiary/aromatic N) is 1. The maximum atomic E-state index is 11.8. The van der Waals surface area contributed by atoms with Crippen LogP contribution in [-0.2, 0) is 17.8 Å². The van der Waals surface area contributed by atoms with Gasteiger partial charge < -0.3 is 14.6 Å². The highest BCUT2D eigenvalue weighted by Gasteiger charge is 2.43. The molecular formula is C22H27NO4. The van der Waals surface area contributed by atoms with Crippen LogP contribution in [0.15, 0.2) is 54.6 Å². The zero-order valence-corrected chi connectivity index (χ0v) is 16.1. The summed E-state index contributed by atoms with van der Waals surface area (Å²) in [6, 6.07) is 17.7. The van der Waals surface area contributed by atoms with Crippen molar-refractivity contribution in [3.8, 4) is 5.75 Å². The molecule has 0 aromatic heterocycles. The molecule has 3 rings (SSSR count). The normalized spacial score (nSPS) is 17.2. The summed E-state index contributed by atoms with van der Waals surface area (Å²) in [7, 11) is 0. The first-order chi connectivity index (χ1) is 12.8. The Hall–Kier alpha value is -2.53. The third-order valence-electron chi connectivity index (χ3n) is 4.67. The SMILES string of the molecule is CC(C)(C)N(C(=O)O)[C@@H](Cc1ccc(OCc2ccccc2)cc1)[C@H]1CO1. The Morgan fingerprint density at radius 2 is 1.78 bits per heavy atom. The van der Waals surface area contributed by atoms with Gasteiger partial charge in [0.05, 0.1) is 12.6 Å². The number of ether oxygens (including phenoxy) is 2. The second kappa shape index (κ2) is 8.01. The quantitative estimate of drug-likeness (QED) is 0.737. The summed E-state index contributed by atoms with van der Waals surface area (Å²) in [5.41, 5.74) is 1.70. The molecule has 0 saturated carbocycles. The molecule has 2 aromatic carbocycles. The minimum atomic E-state index is -0.911. The first-order valence-corrected chi connectivity index (χ1v) is 9.24. The summed E-state index contributed by atoms with van der Waals surface area (Å²) < 4.78 is 11.3. The van der Waals surface area contributed by atoms with Gasteiger partial charge in [-0.05, 0) is 50.5 Å². The molecule has 0 spiro atoms. The number of benzene rings is 2. The molecule has 2 atom stereocenters. The van der Waals surface area contributed by atoms with Gasteiger partial charge in [0.15, 0.2) is 0 Å². The second-order valence-corrected chi connectivity index (χ2v) is 7.88. The number of hydrogen-bond acceptors (Lipinski definition) is 3. The van der Waals surface area contributed by atoms with Crippen LogP contribution in [0.2, 0.25) is 0 Å². The van der Waals surface area contributed by atoms with Crippen molar-refractivity contribution in [2.24, 2.45) is 0 Å². The molecule has 1 aliphatic heterocycles. The van der Waals surface area contributed by atoms with Gasteiger partial charge in [-0.25, -0.2) is 4.79 Å². The van der Waals surface area contributed by atoms with E-state index in [1.54, 1.807) is 0 Å². The average molecular weight is 369 g/mol. The fraction of sp³-hybridized carbons (Fsp3) is 0.409. The van der Waals surface area contributed by atoms with E-state index in [0.717, 1.165) is 16.9 Å². The van der Waals surface area contributed by atoms with Crippen molar-refractivity contribution in [2.75, 3.05) is 6.61 Å². The van der Waals surface area contributed by atoms with Crippen molar-refractivity contribution in [3.05, 3.63) is 65.7 Å². The first-order valence-electron chi connectivity index (χ1n) is 9.24. The number of carbonyl (C=O) groups is 1. The van der Waals surface area contributed by atoms with Crippen LogP contribution in [0.3, 0.4) is 0 Å². The van der Waals surface area contributed by atoms with E-state index in [1.165, 1.54) is 4.90 Å². The Morgan fingerprint density at radius 3 is 2.30 bits per heavy atom. The third kappa shape index (κ3) is 5.23. The summed E-state index contributed by atoms with van der Waals surface area (Å²) >= 11 is 0. The van der Waals surface area contributed by atoms with E-state index in [9.17, 15) is 9.90 Å². The lowest BCUT2D eigenvalue weighted by molar-refractivity contribution is 0.0594. The number of carboxylic acid groups (broad SMARTS) is 1. The van der Waals surface area contributed by atoms with Crippen molar-refractivity contribution < 1.29 is 19.4 Å². The van der Waals surface area contributed by atoms with E-state index >= 15 is 0 Å². The molecule has 27 heavy (non-hydrogen) atoms. The Morgan fingerprint density at radius 1 is 1.15 bits per heavy atom. The summed E-state index contributed by atoms with van der Waals surface area (Å²) in [6.07, 6.45) is -0.326. The van der Waals surface area contributed by atoms with Crippen molar-refractivity contribution in [1.29, 1.82) is 0 Å². The zero-order valence-electron chi connectivity index (χ0n) is 16.1. The molecule has 5 nitrogen and oxygen atoms in total. The number of hydrogen-bond donors (Lipinski definition) is 1. The van der Waals surface area contributed by atoms with Crippen molar-refractivity contribution in [1.82, 2.24) is 4.90 Å². The minimum absolute atomic E-state index is 0.0330. The third-order valence-corrected chi connectivity index (χ3v) is 4.67. The van der Waals surface area contributed by atoms with Crippen LogP contribution in [0.4, 0.5) is 4.79 Å². The molecule has 144 valence electrons. The zero-order chi connectivity index (χ0) is 19.4. The largest absolute Gasteiger partial charge is 0.489 e. The molecule has 5 heteroatoms. The van der Waals surface area contributed by atoms with Gasteiger partial charge >= 0.3 is 6.09 Å². The monoisotopic (exact) mass is 369 g/mol. The molecule has 1 N–H and O–H groups in total. The molecule has 0 aliphatic carbocycles. The molecule has 2 aromatic rings. The second-order valence-electron chi connectivity index (χ2n) is 7.88. The lowest BCUT2D eigenvalue weighted by Crippen LogP contribution is -2.54. The Bertz CT molecular complexity index is 748. The van der Waals surface area contributed by atoms with E-state index in [1.807, 2.05) is 75.4 Å². The summed E-state index contributed by atoms with van der Waals surface area (Å²) in [5.74, 6) is 0.799. The van der Waals surface area contributed by atoms with Gasteiger partial charge in [-0.15, -0.1) is 0 Å². The smallest absolute Gasteiger partial charge is 0.408 e. The van der Waals surface area contributed by atoms with Gasteiger partial charge in [0.2, 0.25) is 0 Å². The fourth-order valence-corrected chi connectivity index (χ4v) is 3.30. The van der Waals surface area contributed by atoms with Crippen LogP contribution in [0.1, 0.15) is 31.9 Å². The van der Waals surface area contributed by atoms with Crippen LogP contribution in [0.25, 0.3) is 0 Å². The van der Waals surface area contributed by atoms with E-state index in [4.69, 9.17) is 9.47 Å². The maximum absolute atomic E-state index is 11.8. The standard InChI is InChI=1S/C22H27NO4/c1-22(2,3)23(21(24)25)19(20-15-27-20)13-16-9-11-18(12-10-16)26-14-17-7-5-4-6-8-17/h4-12,19-20H,13-15H2,1-3H3,(H,24,25)/t19-,20+/m0/s1. The number of epoxide rings is 1. The molecule has 0 unspecified atom stereocenters. The van der Waals surface area contributed by atoms with E-state index < -0.39 is 11.6 Å². The fourth-order valence-electron chi connectivity index (χ4n) is 3.30. The molecule has 1 aliphatic rings. The predicted octanol–water partition coefficient (Wildman–Crippen LogP) is 4.35. The molecule has 0 bridgehead atoms. The minimum Gasteiger partial charge on any atom is -0.489 e. The topological polar surface area (TPSA) is 62.3 Å². The number of rotatable bonds is 7. The summed E-state index contributed by atoms with van der Waals surface area (Å²) in [6.45, 7) is 6.88. The number of amides is 1. The van der Waals surface area contributed by atoms with Gasteiger partial charge in [-0.2, -0.15) is 0 Å². The highest BCUT2D eigenvalue weighted by Crippen LogP contribution is 2.29. The van der Waals surface area contributed by atoms with Crippen LogP contribution in [-0.4, -0.2) is 40.4 Å². The molecular weight excluding hydrogens is 342 g/mol. The molecule has 0 radical (unpaired) electrons. The van der Waals surface area contributed by atoms with Crippen molar-refractivity contribution >= 4 is 6.09 Å². The Balaban J connectivity index is 1.66. The average Bonchev–Trinajstić information content (AvgIpc) is 3.45. The summed E-state index contributed by atoms with van der Waals surface area (Å²) in [5, 5.41) is 9.71. The lowest BCUT2D eigenvalue weighted by Gasteiger charge is -2.39. The van der Waals surface area contributed by atoms with Crippen molar-refractivity contribution in [3.63, 3.8) is 0 Å². The van der Waals surface area contributed by atoms with Crippen LogP contribution in [0.5, 0.6) is 5.75 Å². The van der Waals surface area contributed by atoms with Gasteiger partial charge in [0, 0.05) is 5.54 Å². The highest BCUT2D eigenvalue weighted by molar-refractivity contribution is 5.66. The summed E-state index contributed by atoms with van der Waals surface area (Å²) in [4.78, 5) is 13.4. The Labute approximate surface area is 160 Å². The highest BCUT2D eigenvalue weighted by atomic mass is 16.6.